The first-order chi connectivity index (χ1) is 14.7. The minimum absolute atomic E-state index is 0.0359. The summed E-state index contributed by atoms with van der Waals surface area (Å²) in [5, 5.41) is 21.0. The van der Waals surface area contributed by atoms with Crippen molar-refractivity contribution in [2.24, 2.45) is 5.73 Å². The number of hydrogen-bond donors (Lipinski definition) is 3. The molecule has 0 aliphatic carbocycles. The van der Waals surface area contributed by atoms with Crippen LogP contribution in [0.1, 0.15) is 54.1 Å². The lowest BCUT2D eigenvalue weighted by Crippen LogP contribution is -2.48. The number of likely N-dealkylation sites (tertiary alicyclic amines) is 1. The highest BCUT2D eigenvalue weighted by Gasteiger charge is 2.50. The molecule has 166 valence electrons. The third-order valence-corrected chi connectivity index (χ3v) is 7.06. The van der Waals surface area contributed by atoms with Crippen molar-refractivity contribution in [3.05, 3.63) is 65.2 Å². The van der Waals surface area contributed by atoms with E-state index in [0.29, 0.717) is 31.1 Å². The Morgan fingerprint density at radius 2 is 1.68 bits per heavy atom. The number of benzene rings is 2. The van der Waals surface area contributed by atoms with Crippen molar-refractivity contribution < 1.29 is 15.0 Å². The Labute approximate surface area is 184 Å². The van der Waals surface area contributed by atoms with Gasteiger partial charge in [0.1, 0.15) is 11.2 Å². The van der Waals surface area contributed by atoms with Crippen LogP contribution in [0.5, 0.6) is 0 Å². The number of hydrogen-bond acceptors (Lipinski definition) is 5. The fraction of sp³-hybridized carbons (Fsp3) is 0.480. The summed E-state index contributed by atoms with van der Waals surface area (Å²) in [6.45, 7) is 5.95. The number of piperidine rings is 1. The summed E-state index contributed by atoms with van der Waals surface area (Å²) >= 11 is 0. The summed E-state index contributed by atoms with van der Waals surface area (Å²) in [6.07, 6.45) is 1.88. The summed E-state index contributed by atoms with van der Waals surface area (Å²) in [5.41, 5.74) is 7.33. The van der Waals surface area contributed by atoms with E-state index in [1.807, 2.05) is 40.1 Å². The Bertz CT molecular complexity index is 933. The first-order valence-corrected chi connectivity index (χ1v) is 11.1. The van der Waals surface area contributed by atoms with Crippen LogP contribution >= 0.6 is 0 Å². The highest BCUT2D eigenvalue weighted by atomic mass is 16.4. The molecule has 0 aromatic heterocycles. The predicted molar refractivity (Wildman–Crippen MR) is 122 cm³/mol. The molecule has 31 heavy (non-hydrogen) atoms. The zero-order valence-corrected chi connectivity index (χ0v) is 18.4. The molecule has 2 aromatic carbocycles. The van der Waals surface area contributed by atoms with Crippen LogP contribution in [0.2, 0.25) is 0 Å². The van der Waals surface area contributed by atoms with Crippen LogP contribution in [-0.4, -0.2) is 58.4 Å². The van der Waals surface area contributed by atoms with E-state index in [4.69, 9.17) is 5.73 Å². The van der Waals surface area contributed by atoms with Gasteiger partial charge in [-0.1, -0.05) is 30.3 Å². The molecular formula is C25H33N3O3. The van der Waals surface area contributed by atoms with Crippen LogP contribution in [0.4, 0.5) is 5.69 Å². The van der Waals surface area contributed by atoms with Crippen LogP contribution in [0, 0.1) is 0 Å². The van der Waals surface area contributed by atoms with E-state index in [1.54, 1.807) is 13.8 Å². The second-order valence-electron chi connectivity index (χ2n) is 9.47. The molecule has 1 amide bonds. The van der Waals surface area contributed by atoms with Gasteiger partial charge in [-0.2, -0.15) is 0 Å². The van der Waals surface area contributed by atoms with E-state index in [9.17, 15) is 15.0 Å². The standard InChI is InChI=1S/C25H33N3O3/c1-24(30)16-28(17-25(24,2)31)22-8-4-7-21(14-22)23(29)27-11-9-19(10-12-27)20-6-3-5-18(13-20)15-26/h3-8,13-14,19,30-31H,9-12,15-17,26H2,1-2H3. The summed E-state index contributed by atoms with van der Waals surface area (Å²) < 4.78 is 0. The fourth-order valence-electron chi connectivity index (χ4n) is 4.73. The average molecular weight is 424 g/mol. The molecule has 2 saturated heterocycles. The van der Waals surface area contributed by atoms with Gasteiger partial charge in [0, 0.05) is 44.0 Å². The molecule has 2 fully saturated rings. The summed E-state index contributed by atoms with van der Waals surface area (Å²) in [6, 6.07) is 16.0. The lowest BCUT2D eigenvalue weighted by Gasteiger charge is -2.32. The number of carbonyl (C=O) groups is 1. The highest BCUT2D eigenvalue weighted by Crippen LogP contribution is 2.35. The maximum Gasteiger partial charge on any atom is 0.253 e. The van der Waals surface area contributed by atoms with Crippen molar-refractivity contribution in [2.45, 2.75) is 50.4 Å². The SMILES string of the molecule is CC1(O)CN(c2cccc(C(=O)N3CCC(c4cccc(CN)c4)CC3)c2)CC1(C)O. The maximum atomic E-state index is 13.2. The molecule has 0 saturated carbocycles. The van der Waals surface area contributed by atoms with Crippen molar-refractivity contribution >= 4 is 11.6 Å². The Morgan fingerprint density at radius 1 is 1.03 bits per heavy atom. The van der Waals surface area contributed by atoms with Crippen LogP contribution in [0.25, 0.3) is 0 Å². The Morgan fingerprint density at radius 3 is 2.32 bits per heavy atom. The van der Waals surface area contributed by atoms with Gasteiger partial charge < -0.3 is 25.7 Å². The summed E-state index contributed by atoms with van der Waals surface area (Å²) in [7, 11) is 0. The van der Waals surface area contributed by atoms with Crippen LogP contribution in [0.3, 0.4) is 0 Å². The molecule has 6 nitrogen and oxygen atoms in total. The van der Waals surface area contributed by atoms with Crippen LogP contribution in [-0.2, 0) is 6.54 Å². The molecule has 0 spiro atoms. The van der Waals surface area contributed by atoms with E-state index in [1.165, 1.54) is 5.56 Å². The van der Waals surface area contributed by atoms with E-state index in [2.05, 4.69) is 18.2 Å². The van der Waals surface area contributed by atoms with Crippen molar-refractivity contribution in [2.75, 3.05) is 31.1 Å². The average Bonchev–Trinajstić information content (AvgIpc) is 3.00. The van der Waals surface area contributed by atoms with Gasteiger partial charge in [0.05, 0.1) is 0 Å². The number of rotatable bonds is 4. The molecule has 2 aliphatic rings. The van der Waals surface area contributed by atoms with Gasteiger partial charge in [0.25, 0.3) is 5.91 Å². The van der Waals surface area contributed by atoms with Gasteiger partial charge >= 0.3 is 0 Å². The van der Waals surface area contributed by atoms with Crippen molar-refractivity contribution in [1.29, 1.82) is 0 Å². The largest absolute Gasteiger partial charge is 0.385 e. The van der Waals surface area contributed by atoms with Gasteiger partial charge in [-0.05, 0) is 61.9 Å². The molecule has 2 aliphatic heterocycles. The van der Waals surface area contributed by atoms with Gasteiger partial charge in [0.15, 0.2) is 0 Å². The summed E-state index contributed by atoms with van der Waals surface area (Å²) in [5.74, 6) is 0.490. The normalized spacial score (nSPS) is 27.0. The second-order valence-corrected chi connectivity index (χ2v) is 9.47. The highest BCUT2D eigenvalue weighted by molar-refractivity contribution is 5.95. The van der Waals surface area contributed by atoms with Gasteiger partial charge in [-0.3, -0.25) is 4.79 Å². The molecule has 0 bridgehead atoms. The van der Waals surface area contributed by atoms with E-state index in [-0.39, 0.29) is 5.91 Å². The van der Waals surface area contributed by atoms with Gasteiger partial charge in [-0.25, -0.2) is 0 Å². The van der Waals surface area contributed by atoms with Crippen LogP contribution in [0.15, 0.2) is 48.5 Å². The smallest absolute Gasteiger partial charge is 0.253 e. The minimum Gasteiger partial charge on any atom is -0.385 e. The van der Waals surface area contributed by atoms with Crippen molar-refractivity contribution in [1.82, 2.24) is 4.90 Å². The molecular weight excluding hydrogens is 390 g/mol. The third kappa shape index (κ3) is 4.33. The first-order valence-electron chi connectivity index (χ1n) is 11.1. The number of β-amino-alcohol motifs (C(OH)–C–C–N with tert-alkyl or cyclic N) is 2. The predicted octanol–water partition coefficient (Wildman–Crippen LogP) is 2.49. The molecule has 4 rings (SSSR count). The number of aliphatic hydroxyl groups is 2. The monoisotopic (exact) mass is 423 g/mol. The summed E-state index contributed by atoms with van der Waals surface area (Å²) in [4.78, 5) is 17.0. The topological polar surface area (TPSA) is 90.0 Å². The molecule has 2 heterocycles. The number of nitrogens with two attached hydrogens (primary N) is 1. The number of nitrogens with zero attached hydrogens (tertiary/aromatic N) is 2. The second kappa shape index (κ2) is 8.26. The quantitative estimate of drug-likeness (QED) is 0.703. The lowest BCUT2D eigenvalue weighted by atomic mass is 9.88. The first kappa shape index (κ1) is 21.8. The van der Waals surface area contributed by atoms with E-state index >= 15 is 0 Å². The fourth-order valence-corrected chi connectivity index (χ4v) is 4.73. The zero-order chi connectivity index (χ0) is 22.2. The maximum absolute atomic E-state index is 13.2. The lowest BCUT2D eigenvalue weighted by molar-refractivity contribution is -0.0935. The zero-order valence-electron chi connectivity index (χ0n) is 18.4. The van der Waals surface area contributed by atoms with E-state index in [0.717, 1.165) is 37.2 Å². The molecule has 2 aromatic rings. The Balaban J connectivity index is 1.42. The van der Waals surface area contributed by atoms with Crippen molar-refractivity contribution in [3.63, 3.8) is 0 Å². The third-order valence-electron chi connectivity index (χ3n) is 7.06. The van der Waals surface area contributed by atoms with Gasteiger partial charge in [0.2, 0.25) is 0 Å². The minimum atomic E-state index is -1.20. The number of carbonyl (C=O) groups excluding carboxylic acids is 1. The molecule has 6 heteroatoms. The molecule has 0 radical (unpaired) electrons. The Hall–Kier alpha value is -2.41. The van der Waals surface area contributed by atoms with Gasteiger partial charge in [-0.15, -0.1) is 0 Å². The molecule has 2 atom stereocenters. The molecule has 4 N–H and O–H groups in total. The van der Waals surface area contributed by atoms with E-state index < -0.39 is 11.2 Å². The van der Waals surface area contributed by atoms with Crippen molar-refractivity contribution in [3.8, 4) is 0 Å². The van der Waals surface area contributed by atoms with Crippen LogP contribution < -0.4 is 10.6 Å². The number of anilines is 1. The Kier molecular flexibility index (Phi) is 5.81. The number of amides is 1. The molecule has 2 unspecified atom stereocenters.